The van der Waals surface area contributed by atoms with Gasteiger partial charge in [-0.05, 0) is 43.7 Å². The first-order valence-corrected chi connectivity index (χ1v) is 8.39. The van der Waals surface area contributed by atoms with E-state index in [1.165, 1.54) is 0 Å². The molecule has 1 N–H and O–H groups in total. The quantitative estimate of drug-likeness (QED) is 0.888. The number of amides is 1. The van der Waals surface area contributed by atoms with Crippen LogP contribution in [0.4, 0.5) is 5.69 Å². The second-order valence-electron chi connectivity index (χ2n) is 6.51. The van der Waals surface area contributed by atoms with Crippen LogP contribution in [-0.4, -0.2) is 33.3 Å². The summed E-state index contributed by atoms with van der Waals surface area (Å²) in [7, 11) is 3.13. The smallest absolute Gasteiger partial charge is 0.234 e. The van der Waals surface area contributed by atoms with Crippen LogP contribution < -0.4 is 24.3 Å². The molecule has 0 bridgehead atoms. The van der Waals surface area contributed by atoms with Crippen LogP contribution in [-0.2, 0) is 10.2 Å². The Hall–Kier alpha value is -2.89. The van der Waals surface area contributed by atoms with Gasteiger partial charge in [-0.1, -0.05) is 6.07 Å². The molecule has 0 spiro atoms. The van der Waals surface area contributed by atoms with Crippen molar-refractivity contribution >= 4 is 11.6 Å². The third kappa shape index (κ3) is 3.40. The fourth-order valence-electron chi connectivity index (χ4n) is 2.76. The van der Waals surface area contributed by atoms with Crippen molar-refractivity contribution in [2.24, 2.45) is 0 Å². The summed E-state index contributed by atoms with van der Waals surface area (Å²) < 4.78 is 21.7. The number of carbonyl (C=O) groups excluding carboxylic acids is 1. The predicted molar refractivity (Wildman–Crippen MR) is 98.6 cm³/mol. The molecule has 0 fully saturated rings. The van der Waals surface area contributed by atoms with Crippen LogP contribution in [0, 0.1) is 0 Å². The average Bonchev–Trinajstić information content (AvgIpc) is 2.67. The zero-order valence-electron chi connectivity index (χ0n) is 15.4. The van der Waals surface area contributed by atoms with E-state index in [2.05, 4.69) is 5.32 Å². The van der Waals surface area contributed by atoms with Gasteiger partial charge in [-0.25, -0.2) is 0 Å². The van der Waals surface area contributed by atoms with Crippen molar-refractivity contribution in [3.05, 3.63) is 42.0 Å². The molecule has 0 unspecified atom stereocenters. The number of hydrogen-bond donors (Lipinski definition) is 1. The fraction of sp³-hybridized carbons (Fsp3) is 0.350. The van der Waals surface area contributed by atoms with Crippen molar-refractivity contribution in [1.29, 1.82) is 0 Å². The van der Waals surface area contributed by atoms with Gasteiger partial charge in [0.05, 0.1) is 19.6 Å². The first-order valence-electron chi connectivity index (χ1n) is 8.39. The SMILES string of the molecule is COc1ccc(NC(=O)C(C)(C)c2ccc3c(c2)OCCO3)cc1OC. The van der Waals surface area contributed by atoms with Crippen LogP contribution in [0.5, 0.6) is 23.0 Å². The van der Waals surface area contributed by atoms with Gasteiger partial charge in [0.25, 0.3) is 0 Å². The Bertz CT molecular complexity index is 816. The Morgan fingerprint density at radius 1 is 0.962 bits per heavy atom. The molecule has 138 valence electrons. The van der Waals surface area contributed by atoms with Crippen molar-refractivity contribution < 1.29 is 23.7 Å². The molecule has 0 saturated carbocycles. The highest BCUT2D eigenvalue weighted by Crippen LogP contribution is 2.36. The lowest BCUT2D eigenvalue weighted by Crippen LogP contribution is -2.34. The monoisotopic (exact) mass is 357 g/mol. The highest BCUT2D eigenvalue weighted by atomic mass is 16.6. The van der Waals surface area contributed by atoms with Crippen molar-refractivity contribution in [2.75, 3.05) is 32.8 Å². The molecule has 2 aromatic rings. The number of benzene rings is 2. The maximum atomic E-state index is 12.9. The van der Waals surface area contributed by atoms with E-state index in [4.69, 9.17) is 18.9 Å². The highest BCUT2D eigenvalue weighted by Gasteiger charge is 2.31. The lowest BCUT2D eigenvalue weighted by Gasteiger charge is -2.26. The maximum Gasteiger partial charge on any atom is 0.234 e. The number of rotatable bonds is 5. The van der Waals surface area contributed by atoms with Gasteiger partial charge in [-0.3, -0.25) is 4.79 Å². The van der Waals surface area contributed by atoms with Crippen molar-refractivity contribution in [3.8, 4) is 23.0 Å². The molecule has 0 aliphatic carbocycles. The van der Waals surface area contributed by atoms with Gasteiger partial charge < -0.3 is 24.3 Å². The van der Waals surface area contributed by atoms with E-state index in [0.29, 0.717) is 41.9 Å². The molecule has 1 aliphatic rings. The lowest BCUT2D eigenvalue weighted by molar-refractivity contribution is -0.120. The summed E-state index contributed by atoms with van der Waals surface area (Å²) in [4.78, 5) is 12.9. The van der Waals surface area contributed by atoms with E-state index >= 15 is 0 Å². The number of ether oxygens (including phenoxy) is 4. The molecular formula is C20H23NO5. The molecule has 26 heavy (non-hydrogen) atoms. The van der Waals surface area contributed by atoms with Gasteiger partial charge >= 0.3 is 0 Å². The van der Waals surface area contributed by atoms with Gasteiger partial charge in [0.15, 0.2) is 23.0 Å². The summed E-state index contributed by atoms with van der Waals surface area (Å²) in [5.74, 6) is 2.40. The summed E-state index contributed by atoms with van der Waals surface area (Å²) in [6, 6.07) is 10.9. The fourth-order valence-corrected chi connectivity index (χ4v) is 2.76. The van der Waals surface area contributed by atoms with Gasteiger partial charge in [-0.15, -0.1) is 0 Å². The zero-order chi connectivity index (χ0) is 18.7. The molecule has 2 aromatic carbocycles. The standard InChI is InChI=1S/C20H23NO5/c1-20(2,13-5-7-16-18(11-13)26-10-9-25-16)19(22)21-14-6-8-15(23-3)17(12-14)24-4/h5-8,11-12H,9-10H2,1-4H3,(H,21,22). The summed E-state index contributed by atoms with van der Waals surface area (Å²) in [6.45, 7) is 4.78. The summed E-state index contributed by atoms with van der Waals surface area (Å²) >= 11 is 0. The van der Waals surface area contributed by atoms with E-state index in [0.717, 1.165) is 5.56 Å². The zero-order valence-corrected chi connectivity index (χ0v) is 15.4. The summed E-state index contributed by atoms with van der Waals surface area (Å²) in [5, 5.41) is 2.94. The number of nitrogens with one attached hydrogen (secondary N) is 1. The van der Waals surface area contributed by atoms with Crippen molar-refractivity contribution in [1.82, 2.24) is 0 Å². The minimum atomic E-state index is -0.761. The van der Waals surface area contributed by atoms with Crippen LogP contribution in [0.15, 0.2) is 36.4 Å². The number of fused-ring (bicyclic) bond motifs is 1. The minimum absolute atomic E-state index is 0.138. The van der Waals surface area contributed by atoms with Crippen LogP contribution in [0.25, 0.3) is 0 Å². The predicted octanol–water partition coefficient (Wildman–Crippen LogP) is 3.39. The lowest BCUT2D eigenvalue weighted by atomic mass is 9.83. The molecule has 0 atom stereocenters. The average molecular weight is 357 g/mol. The second-order valence-corrected chi connectivity index (χ2v) is 6.51. The van der Waals surface area contributed by atoms with Gasteiger partial charge in [0.1, 0.15) is 13.2 Å². The first-order chi connectivity index (χ1) is 12.5. The van der Waals surface area contributed by atoms with Gasteiger partial charge in [0.2, 0.25) is 5.91 Å². The molecule has 0 radical (unpaired) electrons. The van der Waals surface area contributed by atoms with E-state index in [9.17, 15) is 4.79 Å². The van der Waals surface area contributed by atoms with Crippen molar-refractivity contribution in [3.63, 3.8) is 0 Å². The Morgan fingerprint density at radius 3 is 2.35 bits per heavy atom. The third-order valence-electron chi connectivity index (χ3n) is 4.47. The Morgan fingerprint density at radius 2 is 1.65 bits per heavy atom. The Labute approximate surface area is 153 Å². The largest absolute Gasteiger partial charge is 0.493 e. The molecule has 1 heterocycles. The molecule has 1 aliphatic heterocycles. The number of carbonyl (C=O) groups is 1. The number of methoxy groups -OCH3 is 2. The molecule has 3 rings (SSSR count). The third-order valence-corrected chi connectivity index (χ3v) is 4.47. The highest BCUT2D eigenvalue weighted by molar-refractivity contribution is 5.98. The van der Waals surface area contributed by atoms with E-state index in [1.54, 1.807) is 32.4 Å². The maximum absolute atomic E-state index is 12.9. The summed E-state index contributed by atoms with van der Waals surface area (Å²) in [5.41, 5.74) is 0.723. The van der Waals surface area contributed by atoms with Crippen molar-refractivity contribution in [2.45, 2.75) is 19.3 Å². The molecule has 0 aromatic heterocycles. The number of anilines is 1. The molecular weight excluding hydrogens is 334 g/mol. The van der Waals surface area contributed by atoms with Gasteiger partial charge in [0, 0.05) is 11.8 Å². The molecule has 6 heteroatoms. The van der Waals surface area contributed by atoms with Crippen LogP contribution in [0.2, 0.25) is 0 Å². The Kier molecular flexibility index (Phi) is 4.93. The van der Waals surface area contributed by atoms with E-state index in [-0.39, 0.29) is 5.91 Å². The second kappa shape index (κ2) is 7.15. The molecule has 0 saturated heterocycles. The van der Waals surface area contributed by atoms with Crippen LogP contribution in [0.3, 0.4) is 0 Å². The van der Waals surface area contributed by atoms with E-state index in [1.807, 2.05) is 32.0 Å². The first kappa shape index (κ1) is 17.9. The minimum Gasteiger partial charge on any atom is -0.493 e. The topological polar surface area (TPSA) is 66.0 Å². The van der Waals surface area contributed by atoms with Crippen LogP contribution >= 0.6 is 0 Å². The Balaban J connectivity index is 1.82. The normalized spacial score (nSPS) is 13.1. The van der Waals surface area contributed by atoms with Gasteiger partial charge in [-0.2, -0.15) is 0 Å². The van der Waals surface area contributed by atoms with Crippen LogP contribution in [0.1, 0.15) is 19.4 Å². The molecule has 1 amide bonds. The number of hydrogen-bond acceptors (Lipinski definition) is 5. The molecule has 6 nitrogen and oxygen atoms in total. The summed E-state index contributed by atoms with van der Waals surface area (Å²) in [6.07, 6.45) is 0. The van der Waals surface area contributed by atoms with E-state index < -0.39 is 5.41 Å².